The van der Waals surface area contributed by atoms with Crippen molar-refractivity contribution in [1.29, 1.82) is 0 Å². The van der Waals surface area contributed by atoms with Crippen molar-refractivity contribution in [3.63, 3.8) is 0 Å². The van der Waals surface area contributed by atoms with Crippen LogP contribution in [0.2, 0.25) is 0 Å². The maximum absolute atomic E-state index is 12.2. The van der Waals surface area contributed by atoms with Crippen molar-refractivity contribution < 1.29 is 14.3 Å². The van der Waals surface area contributed by atoms with Gasteiger partial charge in [-0.3, -0.25) is 4.79 Å². The summed E-state index contributed by atoms with van der Waals surface area (Å²) in [6.07, 6.45) is 4.57. The molecule has 0 saturated heterocycles. The van der Waals surface area contributed by atoms with Gasteiger partial charge in [-0.05, 0) is 37.8 Å². The zero-order chi connectivity index (χ0) is 18.1. The third kappa shape index (κ3) is 3.37. The monoisotopic (exact) mass is 372 g/mol. The summed E-state index contributed by atoms with van der Waals surface area (Å²) in [5, 5.41) is 6.58. The number of hydrogen-bond acceptors (Lipinski definition) is 5. The molecular weight excluding hydrogens is 352 g/mol. The van der Waals surface area contributed by atoms with Crippen LogP contribution in [0.4, 0.5) is 16.2 Å². The number of fused-ring (bicyclic) bond motifs is 2. The molecule has 0 spiro atoms. The van der Waals surface area contributed by atoms with Gasteiger partial charge in [-0.15, -0.1) is 11.3 Å². The number of nitrogens with one attached hydrogen (secondary N) is 2. The highest BCUT2D eigenvalue weighted by Gasteiger charge is 2.22. The summed E-state index contributed by atoms with van der Waals surface area (Å²) in [5.41, 5.74) is 2.51. The van der Waals surface area contributed by atoms with Crippen molar-refractivity contribution in [2.45, 2.75) is 32.2 Å². The van der Waals surface area contributed by atoms with E-state index < -0.39 is 0 Å². The smallest absolute Gasteiger partial charge is 0.319 e. The van der Waals surface area contributed by atoms with Gasteiger partial charge in [0, 0.05) is 23.7 Å². The predicted octanol–water partition coefficient (Wildman–Crippen LogP) is 2.70. The number of amides is 3. The maximum Gasteiger partial charge on any atom is 0.319 e. The van der Waals surface area contributed by atoms with E-state index in [4.69, 9.17) is 4.74 Å². The molecule has 1 aromatic heterocycles. The van der Waals surface area contributed by atoms with Crippen LogP contribution < -0.4 is 20.3 Å². The van der Waals surface area contributed by atoms with E-state index in [0.717, 1.165) is 17.8 Å². The van der Waals surface area contributed by atoms with E-state index >= 15 is 0 Å². The number of aryl methyl sites for hydroxylation is 2. The molecule has 2 heterocycles. The van der Waals surface area contributed by atoms with Crippen LogP contribution in [0, 0.1) is 0 Å². The Morgan fingerprint density at radius 3 is 3.04 bits per heavy atom. The van der Waals surface area contributed by atoms with Gasteiger partial charge in [0.15, 0.2) is 6.61 Å². The number of ether oxygens (including phenoxy) is 1. The van der Waals surface area contributed by atoms with Crippen molar-refractivity contribution >= 4 is 34.6 Å². The molecule has 7 nitrogen and oxygen atoms in total. The largest absolute Gasteiger partial charge is 0.481 e. The highest BCUT2D eigenvalue weighted by molar-refractivity contribution is 7.11. The zero-order valence-electron chi connectivity index (χ0n) is 14.5. The van der Waals surface area contributed by atoms with Crippen LogP contribution in [0.5, 0.6) is 5.75 Å². The summed E-state index contributed by atoms with van der Waals surface area (Å²) in [7, 11) is 1.71. The Labute approximate surface area is 155 Å². The maximum atomic E-state index is 12.2. The van der Waals surface area contributed by atoms with Gasteiger partial charge in [-0.25, -0.2) is 9.78 Å². The molecule has 1 aromatic carbocycles. The highest BCUT2D eigenvalue weighted by Crippen LogP contribution is 2.33. The molecule has 0 unspecified atom stereocenters. The van der Waals surface area contributed by atoms with Crippen LogP contribution in [-0.4, -0.2) is 30.6 Å². The lowest BCUT2D eigenvalue weighted by atomic mass is 10.0. The van der Waals surface area contributed by atoms with E-state index in [9.17, 15) is 9.59 Å². The lowest BCUT2D eigenvalue weighted by Crippen LogP contribution is -2.35. The zero-order valence-corrected chi connectivity index (χ0v) is 15.3. The summed E-state index contributed by atoms with van der Waals surface area (Å²) in [5.74, 6) is 0.486. The van der Waals surface area contributed by atoms with Crippen molar-refractivity contribution in [2.24, 2.45) is 0 Å². The van der Waals surface area contributed by atoms with Crippen LogP contribution in [0.15, 0.2) is 18.2 Å². The number of carbonyl (C=O) groups is 2. The molecule has 0 fully saturated rings. The lowest BCUT2D eigenvalue weighted by Gasteiger charge is -2.26. The molecule has 0 atom stereocenters. The van der Waals surface area contributed by atoms with Gasteiger partial charge in [0.05, 0.1) is 17.9 Å². The van der Waals surface area contributed by atoms with Gasteiger partial charge >= 0.3 is 6.03 Å². The molecule has 0 saturated carbocycles. The first-order valence-electron chi connectivity index (χ1n) is 8.66. The van der Waals surface area contributed by atoms with Gasteiger partial charge in [0.1, 0.15) is 10.8 Å². The van der Waals surface area contributed by atoms with E-state index in [2.05, 4.69) is 15.6 Å². The minimum absolute atomic E-state index is 0.00780. The fourth-order valence-corrected chi connectivity index (χ4v) is 4.26. The molecule has 8 heteroatoms. The number of carbonyl (C=O) groups excluding carboxylic acids is 2. The van der Waals surface area contributed by atoms with Gasteiger partial charge in [-0.1, -0.05) is 0 Å². The summed E-state index contributed by atoms with van der Waals surface area (Å²) in [6.45, 7) is 0.427. The summed E-state index contributed by atoms with van der Waals surface area (Å²) >= 11 is 1.69. The predicted molar refractivity (Wildman–Crippen MR) is 100.0 cm³/mol. The average molecular weight is 372 g/mol. The number of anilines is 2. The molecular formula is C18H20N4O3S. The van der Waals surface area contributed by atoms with Crippen LogP contribution in [0.25, 0.3) is 0 Å². The molecule has 0 radical (unpaired) electrons. The van der Waals surface area contributed by atoms with Crippen LogP contribution >= 0.6 is 11.3 Å². The third-order valence-electron chi connectivity index (χ3n) is 4.59. The molecule has 2 aliphatic rings. The van der Waals surface area contributed by atoms with E-state index in [0.29, 0.717) is 23.7 Å². The normalized spacial score (nSPS) is 15.7. The van der Waals surface area contributed by atoms with E-state index in [1.165, 1.54) is 23.4 Å². The minimum atomic E-state index is -0.293. The second-order valence-electron chi connectivity index (χ2n) is 6.42. The molecule has 136 valence electrons. The minimum Gasteiger partial charge on any atom is -0.481 e. The van der Waals surface area contributed by atoms with E-state index in [1.807, 2.05) is 0 Å². The second-order valence-corrected chi connectivity index (χ2v) is 7.58. The topological polar surface area (TPSA) is 83.6 Å². The molecule has 26 heavy (non-hydrogen) atoms. The fourth-order valence-electron chi connectivity index (χ4n) is 3.17. The summed E-state index contributed by atoms with van der Waals surface area (Å²) in [4.78, 5) is 31.3. The average Bonchev–Trinajstić information content (AvgIpc) is 3.06. The molecule has 3 amide bonds. The van der Waals surface area contributed by atoms with E-state index in [1.54, 1.807) is 41.5 Å². The first kappa shape index (κ1) is 16.8. The Bertz CT molecular complexity index is 841. The SMILES string of the molecule is CN1C(=O)COc2cc(NC(=O)NCc3nc4c(s3)CCCC4)ccc21. The number of urea groups is 1. The first-order chi connectivity index (χ1) is 12.6. The quantitative estimate of drug-likeness (QED) is 0.868. The third-order valence-corrected chi connectivity index (χ3v) is 5.75. The van der Waals surface area contributed by atoms with Crippen molar-refractivity contribution in [3.05, 3.63) is 33.8 Å². The molecule has 0 bridgehead atoms. The second kappa shape index (κ2) is 6.95. The van der Waals surface area contributed by atoms with Gasteiger partial charge < -0.3 is 20.3 Å². The Kier molecular flexibility index (Phi) is 4.50. The number of benzene rings is 1. The Morgan fingerprint density at radius 1 is 1.35 bits per heavy atom. The molecule has 2 N–H and O–H groups in total. The Hall–Kier alpha value is -2.61. The van der Waals surface area contributed by atoms with Crippen LogP contribution in [-0.2, 0) is 24.2 Å². The highest BCUT2D eigenvalue weighted by atomic mass is 32.1. The van der Waals surface area contributed by atoms with Crippen LogP contribution in [0.3, 0.4) is 0 Å². The van der Waals surface area contributed by atoms with Crippen LogP contribution in [0.1, 0.15) is 28.4 Å². The number of rotatable bonds is 3. The van der Waals surface area contributed by atoms with Gasteiger partial charge in [0.2, 0.25) is 0 Å². The van der Waals surface area contributed by atoms with Crippen molar-refractivity contribution in [2.75, 3.05) is 23.9 Å². The fraction of sp³-hybridized carbons (Fsp3) is 0.389. The molecule has 4 rings (SSSR count). The molecule has 1 aliphatic carbocycles. The van der Waals surface area contributed by atoms with Crippen molar-refractivity contribution in [3.8, 4) is 5.75 Å². The van der Waals surface area contributed by atoms with Gasteiger partial charge in [0.25, 0.3) is 5.91 Å². The number of aromatic nitrogens is 1. The van der Waals surface area contributed by atoms with Crippen molar-refractivity contribution in [1.82, 2.24) is 10.3 Å². The van der Waals surface area contributed by atoms with E-state index in [-0.39, 0.29) is 18.5 Å². The number of likely N-dealkylation sites (N-methyl/N-ethyl adjacent to an activating group) is 1. The lowest BCUT2D eigenvalue weighted by molar-refractivity contribution is -0.120. The first-order valence-corrected chi connectivity index (χ1v) is 9.47. The summed E-state index contributed by atoms with van der Waals surface area (Å²) < 4.78 is 5.43. The molecule has 1 aliphatic heterocycles. The number of nitrogens with zero attached hydrogens (tertiary/aromatic N) is 2. The molecule has 2 aromatic rings. The number of thiazole rings is 1. The summed E-state index contributed by atoms with van der Waals surface area (Å²) in [6, 6.07) is 4.94. The number of hydrogen-bond donors (Lipinski definition) is 2. The standard InChI is InChI=1S/C18H20N4O3S/c1-22-13-7-6-11(8-14(13)25-10-17(22)23)20-18(24)19-9-16-21-12-4-2-3-5-15(12)26-16/h6-8H,2-5,9-10H2,1H3,(H2,19,20,24). The Balaban J connectivity index is 1.36. The Morgan fingerprint density at radius 2 is 2.19 bits per heavy atom. The van der Waals surface area contributed by atoms with Gasteiger partial charge in [-0.2, -0.15) is 0 Å².